The van der Waals surface area contributed by atoms with Gasteiger partial charge in [-0.3, -0.25) is 14.2 Å². The van der Waals surface area contributed by atoms with Crippen LogP contribution in [0, 0.1) is 6.92 Å². The van der Waals surface area contributed by atoms with Gasteiger partial charge in [-0.1, -0.05) is 24.3 Å². The number of hydrogen-bond donors (Lipinski definition) is 0. The molecule has 1 aliphatic rings. The minimum Gasteiger partial charge on any atom is -0.328 e. The van der Waals surface area contributed by atoms with Gasteiger partial charge in [-0.2, -0.15) is 0 Å². The van der Waals surface area contributed by atoms with Crippen molar-refractivity contribution in [1.29, 1.82) is 0 Å². The molecule has 0 unspecified atom stereocenters. The monoisotopic (exact) mass is 357 g/mol. The van der Waals surface area contributed by atoms with E-state index in [0.29, 0.717) is 11.0 Å². The smallest absolute Gasteiger partial charge is 0.271 e. The number of aryl methyl sites for hydroxylation is 2. The predicted molar refractivity (Wildman–Crippen MR) is 107 cm³/mol. The van der Waals surface area contributed by atoms with E-state index in [4.69, 9.17) is 4.98 Å². The van der Waals surface area contributed by atoms with Crippen molar-refractivity contribution in [3.05, 3.63) is 80.5 Å². The lowest BCUT2D eigenvalue weighted by Gasteiger charge is -2.16. The molecule has 0 saturated heterocycles. The van der Waals surface area contributed by atoms with E-state index in [1.807, 2.05) is 61.0 Å². The van der Waals surface area contributed by atoms with Crippen molar-refractivity contribution in [2.24, 2.45) is 7.05 Å². The second-order valence-electron chi connectivity index (χ2n) is 7.33. The Kier molecular flexibility index (Phi) is 3.34. The molecule has 5 rings (SSSR count). The van der Waals surface area contributed by atoms with Crippen molar-refractivity contribution in [3.63, 3.8) is 0 Å². The maximum atomic E-state index is 13.5. The Morgan fingerprint density at radius 2 is 1.81 bits per heavy atom. The highest BCUT2D eigenvalue weighted by Gasteiger charge is 2.31. The van der Waals surface area contributed by atoms with Crippen LogP contribution < -0.4 is 11.0 Å². The number of rotatable bonds is 2. The Balaban J connectivity index is 1.99. The number of aromatic nitrogens is 3. The van der Waals surface area contributed by atoms with E-state index in [0.717, 1.165) is 35.4 Å². The Hall–Kier alpha value is -3.21. The SMILES string of the molecule is Cc1cccc(-n2c(C3CC3)nc3c(c(=O)c4ccccc4n3C)c2=O)c1. The number of hydrogen-bond acceptors (Lipinski definition) is 3. The molecule has 134 valence electrons. The van der Waals surface area contributed by atoms with Gasteiger partial charge in [-0.25, -0.2) is 4.98 Å². The molecule has 1 saturated carbocycles. The number of pyridine rings is 1. The number of para-hydroxylation sites is 1. The zero-order valence-corrected chi connectivity index (χ0v) is 15.3. The van der Waals surface area contributed by atoms with E-state index in [-0.39, 0.29) is 22.3 Å². The summed E-state index contributed by atoms with van der Waals surface area (Å²) in [6.07, 6.45) is 2.04. The van der Waals surface area contributed by atoms with Gasteiger partial charge in [0.05, 0.1) is 11.2 Å². The summed E-state index contributed by atoms with van der Waals surface area (Å²) in [6, 6.07) is 15.2. The number of benzene rings is 2. The molecule has 0 radical (unpaired) electrons. The van der Waals surface area contributed by atoms with E-state index in [1.165, 1.54) is 0 Å². The predicted octanol–water partition coefficient (Wildman–Crippen LogP) is 3.42. The third-order valence-corrected chi connectivity index (χ3v) is 5.35. The molecule has 0 spiro atoms. The van der Waals surface area contributed by atoms with Gasteiger partial charge >= 0.3 is 0 Å². The first kappa shape index (κ1) is 16.0. The normalized spacial score (nSPS) is 14.1. The first-order valence-corrected chi connectivity index (χ1v) is 9.17. The molecule has 27 heavy (non-hydrogen) atoms. The van der Waals surface area contributed by atoms with Gasteiger partial charge in [-0.05, 0) is 49.6 Å². The lowest BCUT2D eigenvalue weighted by atomic mass is 10.1. The largest absolute Gasteiger partial charge is 0.328 e. The fourth-order valence-electron chi connectivity index (χ4n) is 3.81. The summed E-state index contributed by atoms with van der Waals surface area (Å²) in [5, 5.41) is 0.698. The van der Waals surface area contributed by atoms with Crippen LogP contribution in [0.5, 0.6) is 0 Å². The Bertz CT molecular complexity index is 1340. The van der Waals surface area contributed by atoms with Gasteiger partial charge in [0.25, 0.3) is 5.56 Å². The highest BCUT2D eigenvalue weighted by Crippen LogP contribution is 2.39. The molecular weight excluding hydrogens is 338 g/mol. The van der Waals surface area contributed by atoms with Crippen LogP contribution in [0.25, 0.3) is 27.6 Å². The van der Waals surface area contributed by atoms with Gasteiger partial charge in [0.1, 0.15) is 11.2 Å². The van der Waals surface area contributed by atoms with Crippen LogP contribution >= 0.6 is 0 Å². The van der Waals surface area contributed by atoms with Gasteiger partial charge in [-0.15, -0.1) is 0 Å². The average Bonchev–Trinajstić information content (AvgIpc) is 3.50. The van der Waals surface area contributed by atoms with E-state index in [2.05, 4.69) is 0 Å². The summed E-state index contributed by atoms with van der Waals surface area (Å²) in [5.74, 6) is 1.02. The van der Waals surface area contributed by atoms with E-state index < -0.39 is 0 Å². The molecule has 5 nitrogen and oxygen atoms in total. The maximum Gasteiger partial charge on any atom is 0.271 e. The summed E-state index contributed by atoms with van der Waals surface area (Å²) in [5.41, 5.74) is 2.56. The molecule has 4 aromatic rings. The third kappa shape index (κ3) is 2.35. The molecule has 2 heterocycles. The molecule has 0 bridgehead atoms. The molecule has 1 aliphatic carbocycles. The van der Waals surface area contributed by atoms with Crippen molar-refractivity contribution in [2.45, 2.75) is 25.7 Å². The average molecular weight is 357 g/mol. The van der Waals surface area contributed by atoms with E-state index >= 15 is 0 Å². The zero-order chi connectivity index (χ0) is 18.7. The molecule has 0 N–H and O–H groups in total. The standard InChI is InChI=1S/C22H19N3O2/c1-13-6-5-7-15(12-13)25-20(14-10-11-14)23-21-18(22(25)27)19(26)16-8-3-4-9-17(16)24(21)2/h3-9,12,14H,10-11H2,1-2H3. The molecule has 1 fully saturated rings. The Morgan fingerprint density at radius 1 is 1.04 bits per heavy atom. The van der Waals surface area contributed by atoms with Gasteiger partial charge in [0.15, 0.2) is 5.65 Å². The fraction of sp³-hybridized carbons (Fsp3) is 0.227. The van der Waals surface area contributed by atoms with Crippen LogP contribution in [0.2, 0.25) is 0 Å². The van der Waals surface area contributed by atoms with Crippen molar-refractivity contribution in [3.8, 4) is 5.69 Å². The van der Waals surface area contributed by atoms with Crippen molar-refractivity contribution in [2.75, 3.05) is 0 Å². The Morgan fingerprint density at radius 3 is 2.56 bits per heavy atom. The molecule has 5 heteroatoms. The highest BCUT2D eigenvalue weighted by molar-refractivity contribution is 5.91. The highest BCUT2D eigenvalue weighted by atomic mass is 16.1. The minimum absolute atomic E-state index is 0.155. The second kappa shape index (κ2) is 5.64. The zero-order valence-electron chi connectivity index (χ0n) is 15.3. The maximum absolute atomic E-state index is 13.5. The topological polar surface area (TPSA) is 56.9 Å². The quantitative estimate of drug-likeness (QED) is 0.517. The van der Waals surface area contributed by atoms with E-state index in [9.17, 15) is 9.59 Å². The molecular formula is C22H19N3O2. The van der Waals surface area contributed by atoms with E-state index in [1.54, 1.807) is 10.6 Å². The Labute approximate surface area is 155 Å². The van der Waals surface area contributed by atoms with Gasteiger partial charge < -0.3 is 4.57 Å². The van der Waals surface area contributed by atoms with Crippen LogP contribution in [0.1, 0.15) is 30.1 Å². The summed E-state index contributed by atoms with van der Waals surface area (Å²) < 4.78 is 3.50. The first-order chi connectivity index (χ1) is 13.1. The van der Waals surface area contributed by atoms with Crippen LogP contribution in [0.15, 0.2) is 58.1 Å². The van der Waals surface area contributed by atoms with Crippen LogP contribution in [0.4, 0.5) is 0 Å². The molecule has 0 aliphatic heterocycles. The van der Waals surface area contributed by atoms with Crippen molar-refractivity contribution in [1.82, 2.24) is 14.1 Å². The summed E-state index contributed by atoms with van der Waals surface area (Å²) in [7, 11) is 1.87. The number of nitrogens with zero attached hydrogens (tertiary/aromatic N) is 3. The lowest BCUT2D eigenvalue weighted by Crippen LogP contribution is -2.29. The third-order valence-electron chi connectivity index (χ3n) is 5.35. The summed E-state index contributed by atoms with van der Waals surface area (Å²) >= 11 is 0. The van der Waals surface area contributed by atoms with Crippen LogP contribution in [0.3, 0.4) is 0 Å². The molecule has 2 aromatic heterocycles. The lowest BCUT2D eigenvalue weighted by molar-refractivity contribution is 0.807. The van der Waals surface area contributed by atoms with Gasteiger partial charge in [0.2, 0.25) is 5.43 Å². The second-order valence-corrected chi connectivity index (χ2v) is 7.33. The number of fused-ring (bicyclic) bond motifs is 2. The summed E-state index contributed by atoms with van der Waals surface area (Å²) in [6.45, 7) is 1.99. The minimum atomic E-state index is -0.279. The molecule has 0 atom stereocenters. The molecule has 0 amide bonds. The van der Waals surface area contributed by atoms with Crippen molar-refractivity contribution >= 4 is 21.9 Å². The van der Waals surface area contributed by atoms with Crippen LogP contribution in [-0.4, -0.2) is 14.1 Å². The van der Waals surface area contributed by atoms with Crippen molar-refractivity contribution < 1.29 is 0 Å². The fourth-order valence-corrected chi connectivity index (χ4v) is 3.81. The summed E-state index contributed by atoms with van der Waals surface area (Å²) in [4.78, 5) is 31.5. The van der Waals surface area contributed by atoms with Gasteiger partial charge in [0, 0.05) is 18.4 Å². The van der Waals surface area contributed by atoms with Crippen LogP contribution in [-0.2, 0) is 7.05 Å². The molecule has 2 aromatic carbocycles. The first-order valence-electron chi connectivity index (χ1n) is 9.17.